The van der Waals surface area contributed by atoms with Crippen LogP contribution < -0.4 is 9.47 Å². The van der Waals surface area contributed by atoms with E-state index in [0.717, 1.165) is 31.0 Å². The highest BCUT2D eigenvalue weighted by Gasteiger charge is 2.26. The molecule has 0 saturated carbocycles. The first kappa shape index (κ1) is 16.1. The third kappa shape index (κ3) is 3.89. The van der Waals surface area contributed by atoms with Crippen molar-refractivity contribution in [2.45, 2.75) is 51.8 Å². The molecule has 2 atom stereocenters. The molecule has 0 bridgehead atoms. The minimum atomic E-state index is -0.234. The van der Waals surface area contributed by atoms with E-state index in [1.807, 2.05) is 13.0 Å². The number of hydrogen-bond acceptors (Lipinski definition) is 4. The summed E-state index contributed by atoms with van der Waals surface area (Å²) in [6.45, 7) is 5.99. The predicted octanol–water partition coefficient (Wildman–Crippen LogP) is 2.75. The largest absolute Gasteiger partial charge is 0.493 e. The Morgan fingerprint density at radius 2 is 1.95 bits per heavy atom. The SMILES string of the molecule is COc1cc(C)c(CN2CCC[C@H]2C[C@@H](C)O)cc1OC. The van der Waals surface area contributed by atoms with Crippen molar-refractivity contribution in [3.63, 3.8) is 0 Å². The summed E-state index contributed by atoms with van der Waals surface area (Å²) in [4.78, 5) is 2.47. The molecule has 1 aromatic rings. The average Bonchev–Trinajstić information content (AvgIpc) is 2.87. The van der Waals surface area contributed by atoms with Gasteiger partial charge in [-0.05, 0) is 62.9 Å². The Labute approximate surface area is 127 Å². The first-order valence-electron chi connectivity index (χ1n) is 7.68. The zero-order valence-electron chi connectivity index (χ0n) is 13.6. The number of nitrogens with zero attached hydrogens (tertiary/aromatic N) is 1. The second-order valence-electron chi connectivity index (χ2n) is 5.98. The Kier molecular flexibility index (Phi) is 5.48. The van der Waals surface area contributed by atoms with E-state index < -0.39 is 0 Å². The van der Waals surface area contributed by atoms with Gasteiger partial charge in [0.05, 0.1) is 20.3 Å². The van der Waals surface area contributed by atoms with Crippen LogP contribution >= 0.6 is 0 Å². The van der Waals surface area contributed by atoms with Gasteiger partial charge in [-0.3, -0.25) is 4.90 Å². The van der Waals surface area contributed by atoms with Crippen LogP contribution in [0.5, 0.6) is 11.5 Å². The number of rotatable bonds is 6. The lowest BCUT2D eigenvalue weighted by molar-refractivity contribution is 0.130. The molecule has 1 fully saturated rings. The summed E-state index contributed by atoms with van der Waals surface area (Å²) < 4.78 is 10.7. The van der Waals surface area contributed by atoms with E-state index >= 15 is 0 Å². The monoisotopic (exact) mass is 293 g/mol. The topological polar surface area (TPSA) is 41.9 Å². The number of aliphatic hydroxyl groups excluding tert-OH is 1. The van der Waals surface area contributed by atoms with Gasteiger partial charge in [-0.1, -0.05) is 0 Å². The Morgan fingerprint density at radius 1 is 1.29 bits per heavy atom. The summed E-state index contributed by atoms with van der Waals surface area (Å²) in [6, 6.07) is 4.59. The molecule has 0 radical (unpaired) electrons. The molecular formula is C17H27NO3. The Bertz CT molecular complexity index is 473. The minimum Gasteiger partial charge on any atom is -0.493 e. The van der Waals surface area contributed by atoms with Gasteiger partial charge in [-0.15, -0.1) is 0 Å². The lowest BCUT2D eigenvalue weighted by Gasteiger charge is -2.26. The van der Waals surface area contributed by atoms with Crippen LogP contribution in [-0.2, 0) is 6.54 Å². The van der Waals surface area contributed by atoms with Crippen molar-refractivity contribution in [2.24, 2.45) is 0 Å². The van der Waals surface area contributed by atoms with Crippen molar-refractivity contribution in [3.05, 3.63) is 23.3 Å². The van der Waals surface area contributed by atoms with Crippen LogP contribution in [0.15, 0.2) is 12.1 Å². The Hall–Kier alpha value is -1.26. The number of methoxy groups -OCH3 is 2. The maximum Gasteiger partial charge on any atom is 0.161 e. The summed E-state index contributed by atoms with van der Waals surface area (Å²) >= 11 is 0. The van der Waals surface area contributed by atoms with Crippen molar-refractivity contribution in [3.8, 4) is 11.5 Å². The first-order chi connectivity index (χ1) is 10.0. The molecule has 1 aliphatic heterocycles. The molecule has 1 heterocycles. The van der Waals surface area contributed by atoms with Crippen molar-refractivity contribution in [1.82, 2.24) is 4.90 Å². The fraction of sp³-hybridized carbons (Fsp3) is 0.647. The van der Waals surface area contributed by atoms with E-state index in [1.165, 1.54) is 24.0 Å². The number of likely N-dealkylation sites (tertiary alicyclic amines) is 1. The van der Waals surface area contributed by atoms with Crippen LogP contribution in [0, 0.1) is 6.92 Å². The molecule has 118 valence electrons. The molecule has 21 heavy (non-hydrogen) atoms. The predicted molar refractivity (Wildman–Crippen MR) is 84.0 cm³/mol. The van der Waals surface area contributed by atoms with E-state index in [4.69, 9.17) is 9.47 Å². The number of ether oxygens (including phenoxy) is 2. The second kappa shape index (κ2) is 7.14. The van der Waals surface area contributed by atoms with Gasteiger partial charge < -0.3 is 14.6 Å². The standard InChI is InChI=1S/C17H27NO3/c1-12-8-16(20-3)17(21-4)10-14(12)11-18-7-5-6-15(18)9-13(2)19/h8,10,13,15,19H,5-7,9,11H2,1-4H3/t13-,15+/m1/s1. The minimum absolute atomic E-state index is 0.234. The zero-order chi connectivity index (χ0) is 15.4. The fourth-order valence-electron chi connectivity index (χ4n) is 3.18. The van der Waals surface area contributed by atoms with Gasteiger partial charge in [0.15, 0.2) is 11.5 Å². The highest BCUT2D eigenvalue weighted by molar-refractivity contribution is 5.47. The van der Waals surface area contributed by atoms with Crippen LogP contribution in [0.25, 0.3) is 0 Å². The van der Waals surface area contributed by atoms with E-state index in [2.05, 4.69) is 17.9 Å². The molecule has 1 aliphatic rings. The molecule has 0 amide bonds. The zero-order valence-corrected chi connectivity index (χ0v) is 13.6. The first-order valence-corrected chi connectivity index (χ1v) is 7.68. The quantitative estimate of drug-likeness (QED) is 0.875. The van der Waals surface area contributed by atoms with E-state index in [1.54, 1.807) is 14.2 Å². The highest BCUT2D eigenvalue weighted by Crippen LogP contribution is 2.32. The summed E-state index contributed by atoms with van der Waals surface area (Å²) in [5.41, 5.74) is 2.49. The number of benzene rings is 1. The normalized spacial score (nSPS) is 20.5. The third-order valence-electron chi connectivity index (χ3n) is 4.33. The van der Waals surface area contributed by atoms with Crippen molar-refractivity contribution < 1.29 is 14.6 Å². The molecule has 0 unspecified atom stereocenters. The van der Waals surface area contributed by atoms with Crippen molar-refractivity contribution >= 4 is 0 Å². The summed E-state index contributed by atoms with van der Waals surface area (Å²) in [6.07, 6.45) is 3.01. The van der Waals surface area contributed by atoms with Gasteiger partial charge in [0, 0.05) is 12.6 Å². The van der Waals surface area contributed by atoms with Crippen LogP contribution in [0.1, 0.15) is 37.3 Å². The van der Waals surface area contributed by atoms with E-state index in [9.17, 15) is 5.11 Å². The summed E-state index contributed by atoms with van der Waals surface area (Å²) in [5.74, 6) is 1.56. The average molecular weight is 293 g/mol. The second-order valence-corrected chi connectivity index (χ2v) is 5.98. The molecule has 4 nitrogen and oxygen atoms in total. The van der Waals surface area contributed by atoms with Crippen molar-refractivity contribution in [1.29, 1.82) is 0 Å². The highest BCUT2D eigenvalue weighted by atomic mass is 16.5. The van der Waals surface area contributed by atoms with Gasteiger partial charge in [0.25, 0.3) is 0 Å². The van der Waals surface area contributed by atoms with Gasteiger partial charge in [0.2, 0.25) is 0 Å². The van der Waals surface area contributed by atoms with E-state index in [-0.39, 0.29) is 6.10 Å². The summed E-state index contributed by atoms with van der Waals surface area (Å²) in [5, 5.41) is 9.64. The summed E-state index contributed by atoms with van der Waals surface area (Å²) in [7, 11) is 3.33. The van der Waals surface area contributed by atoms with Gasteiger partial charge in [-0.25, -0.2) is 0 Å². The Morgan fingerprint density at radius 3 is 2.57 bits per heavy atom. The molecule has 4 heteroatoms. The molecule has 2 rings (SSSR count). The number of aliphatic hydroxyl groups is 1. The lowest BCUT2D eigenvalue weighted by atomic mass is 10.0. The maximum atomic E-state index is 9.64. The molecule has 0 aromatic heterocycles. The number of aryl methyl sites for hydroxylation is 1. The van der Waals surface area contributed by atoms with Crippen molar-refractivity contribution in [2.75, 3.05) is 20.8 Å². The molecule has 1 saturated heterocycles. The maximum absolute atomic E-state index is 9.64. The smallest absolute Gasteiger partial charge is 0.161 e. The van der Waals surface area contributed by atoms with Crippen LogP contribution in [0.2, 0.25) is 0 Å². The molecule has 1 aromatic carbocycles. The molecule has 1 N–H and O–H groups in total. The van der Waals surface area contributed by atoms with Gasteiger partial charge in [-0.2, -0.15) is 0 Å². The van der Waals surface area contributed by atoms with Crippen LogP contribution in [-0.4, -0.2) is 42.9 Å². The molecular weight excluding hydrogens is 266 g/mol. The molecule has 0 spiro atoms. The molecule has 0 aliphatic carbocycles. The Balaban J connectivity index is 2.15. The lowest BCUT2D eigenvalue weighted by Crippen LogP contribution is -2.31. The van der Waals surface area contributed by atoms with Crippen LogP contribution in [0.4, 0.5) is 0 Å². The third-order valence-corrected chi connectivity index (χ3v) is 4.33. The van der Waals surface area contributed by atoms with E-state index in [0.29, 0.717) is 6.04 Å². The fourth-order valence-corrected chi connectivity index (χ4v) is 3.18. The van der Waals surface area contributed by atoms with Gasteiger partial charge in [0.1, 0.15) is 0 Å². The number of hydrogen-bond donors (Lipinski definition) is 1. The van der Waals surface area contributed by atoms with Gasteiger partial charge >= 0.3 is 0 Å². The van der Waals surface area contributed by atoms with Crippen LogP contribution in [0.3, 0.4) is 0 Å².